The van der Waals surface area contributed by atoms with E-state index in [1.807, 2.05) is 0 Å². The average Bonchev–Trinajstić information content (AvgIpc) is 3.51. The SMILES string of the molecule is C=C1/C=C\C=C/N(c2ccc(-c3ccccc3)cc2)c2cc(-c3ccc4c5ccccc5n(-c5cccc(-c6ccccc6)c5)c4c3)ccc21. The molecular weight excluding hydrogens is 605 g/mol. The van der Waals surface area contributed by atoms with Gasteiger partial charge in [0.2, 0.25) is 0 Å². The van der Waals surface area contributed by atoms with Crippen LogP contribution in [0.15, 0.2) is 201 Å². The van der Waals surface area contributed by atoms with Gasteiger partial charge in [-0.1, -0.05) is 146 Å². The van der Waals surface area contributed by atoms with Crippen molar-refractivity contribution in [2.75, 3.05) is 4.90 Å². The first-order valence-corrected chi connectivity index (χ1v) is 17.0. The Morgan fingerprint density at radius 3 is 1.80 bits per heavy atom. The highest BCUT2D eigenvalue weighted by molar-refractivity contribution is 6.10. The maximum Gasteiger partial charge on any atom is 0.0547 e. The van der Waals surface area contributed by atoms with Gasteiger partial charge in [0.25, 0.3) is 0 Å². The summed E-state index contributed by atoms with van der Waals surface area (Å²) in [5.41, 5.74) is 14.9. The van der Waals surface area contributed by atoms with Gasteiger partial charge in [-0.25, -0.2) is 0 Å². The lowest BCUT2D eigenvalue weighted by Gasteiger charge is -2.26. The molecule has 1 aliphatic heterocycles. The molecular formula is C48H34N2. The van der Waals surface area contributed by atoms with Crippen LogP contribution in [0.4, 0.5) is 11.4 Å². The molecule has 1 aromatic heterocycles. The van der Waals surface area contributed by atoms with Crippen LogP contribution in [-0.4, -0.2) is 4.57 Å². The van der Waals surface area contributed by atoms with Gasteiger partial charge in [-0.05, 0) is 87.5 Å². The molecule has 0 radical (unpaired) electrons. The third kappa shape index (κ3) is 5.24. The summed E-state index contributed by atoms with van der Waals surface area (Å²) >= 11 is 0. The zero-order valence-corrected chi connectivity index (χ0v) is 27.6. The Kier molecular flexibility index (Phi) is 7.33. The van der Waals surface area contributed by atoms with Gasteiger partial charge >= 0.3 is 0 Å². The van der Waals surface area contributed by atoms with Gasteiger partial charge < -0.3 is 9.47 Å². The van der Waals surface area contributed by atoms with E-state index in [4.69, 9.17) is 0 Å². The first-order valence-electron chi connectivity index (χ1n) is 17.0. The fourth-order valence-corrected chi connectivity index (χ4v) is 7.21. The minimum Gasteiger partial charge on any atom is -0.317 e. The van der Waals surface area contributed by atoms with E-state index in [1.165, 1.54) is 44.1 Å². The van der Waals surface area contributed by atoms with Crippen molar-refractivity contribution in [3.8, 4) is 39.1 Å². The predicted molar refractivity (Wildman–Crippen MR) is 213 cm³/mol. The van der Waals surface area contributed by atoms with Crippen molar-refractivity contribution in [3.63, 3.8) is 0 Å². The van der Waals surface area contributed by atoms with Crippen LogP contribution in [0.25, 0.3) is 66.4 Å². The summed E-state index contributed by atoms with van der Waals surface area (Å²) in [6.07, 6.45) is 8.37. The molecule has 0 bridgehead atoms. The smallest absolute Gasteiger partial charge is 0.0547 e. The van der Waals surface area contributed by atoms with E-state index in [0.717, 1.165) is 39.3 Å². The number of allylic oxidation sites excluding steroid dienone is 4. The first kappa shape index (κ1) is 29.5. The van der Waals surface area contributed by atoms with E-state index in [9.17, 15) is 0 Å². The molecule has 0 atom stereocenters. The molecule has 0 saturated heterocycles. The number of rotatable bonds is 5. The van der Waals surface area contributed by atoms with Gasteiger partial charge in [0, 0.05) is 33.9 Å². The van der Waals surface area contributed by atoms with E-state index < -0.39 is 0 Å². The zero-order chi connectivity index (χ0) is 33.4. The van der Waals surface area contributed by atoms with Gasteiger partial charge in [0.15, 0.2) is 0 Å². The summed E-state index contributed by atoms with van der Waals surface area (Å²) in [4.78, 5) is 2.27. The number of hydrogen-bond donors (Lipinski definition) is 0. The molecule has 1 aliphatic rings. The van der Waals surface area contributed by atoms with E-state index >= 15 is 0 Å². The molecule has 50 heavy (non-hydrogen) atoms. The highest BCUT2D eigenvalue weighted by atomic mass is 15.1. The number of benzene rings is 7. The van der Waals surface area contributed by atoms with Crippen molar-refractivity contribution in [1.82, 2.24) is 4.57 Å². The molecule has 0 N–H and O–H groups in total. The van der Waals surface area contributed by atoms with Gasteiger partial charge in [-0.15, -0.1) is 0 Å². The first-order chi connectivity index (χ1) is 24.7. The quantitative estimate of drug-likeness (QED) is 0.182. The maximum absolute atomic E-state index is 4.43. The van der Waals surface area contributed by atoms with Gasteiger partial charge in [-0.2, -0.15) is 0 Å². The third-order valence-corrected chi connectivity index (χ3v) is 9.72. The Morgan fingerprint density at radius 1 is 0.400 bits per heavy atom. The highest BCUT2D eigenvalue weighted by Crippen LogP contribution is 2.40. The Balaban J connectivity index is 1.18. The summed E-state index contributed by atoms with van der Waals surface area (Å²) in [5.74, 6) is 0. The minimum absolute atomic E-state index is 0.982. The summed E-state index contributed by atoms with van der Waals surface area (Å²) < 4.78 is 2.41. The summed E-state index contributed by atoms with van der Waals surface area (Å²) in [7, 11) is 0. The van der Waals surface area contributed by atoms with Crippen LogP contribution in [0.5, 0.6) is 0 Å². The van der Waals surface area contributed by atoms with Crippen molar-refractivity contribution in [2.45, 2.75) is 0 Å². The molecule has 0 unspecified atom stereocenters. The Hall–Kier alpha value is -6.64. The number of anilines is 2. The predicted octanol–water partition coefficient (Wildman–Crippen LogP) is 13.0. The molecule has 2 nitrogen and oxygen atoms in total. The van der Waals surface area contributed by atoms with Crippen LogP contribution in [0.3, 0.4) is 0 Å². The fraction of sp³-hybridized carbons (Fsp3) is 0. The zero-order valence-electron chi connectivity index (χ0n) is 27.6. The topological polar surface area (TPSA) is 8.17 Å². The van der Waals surface area contributed by atoms with Crippen LogP contribution < -0.4 is 4.90 Å². The monoisotopic (exact) mass is 638 g/mol. The lowest BCUT2D eigenvalue weighted by molar-refractivity contribution is 1.18. The van der Waals surface area contributed by atoms with Crippen LogP contribution in [-0.2, 0) is 0 Å². The van der Waals surface area contributed by atoms with E-state index in [2.05, 4.69) is 210 Å². The maximum atomic E-state index is 4.43. The molecule has 0 spiro atoms. The van der Waals surface area contributed by atoms with Crippen LogP contribution >= 0.6 is 0 Å². The highest BCUT2D eigenvalue weighted by Gasteiger charge is 2.18. The van der Waals surface area contributed by atoms with Crippen LogP contribution in [0.2, 0.25) is 0 Å². The lowest BCUT2D eigenvalue weighted by Crippen LogP contribution is -2.11. The van der Waals surface area contributed by atoms with Crippen molar-refractivity contribution in [1.29, 1.82) is 0 Å². The van der Waals surface area contributed by atoms with E-state index in [1.54, 1.807) is 0 Å². The molecule has 8 aromatic rings. The minimum atomic E-state index is 0.982. The molecule has 236 valence electrons. The number of aromatic nitrogens is 1. The number of fused-ring (bicyclic) bond motifs is 4. The van der Waals surface area contributed by atoms with Gasteiger partial charge in [0.1, 0.15) is 0 Å². The van der Waals surface area contributed by atoms with Crippen molar-refractivity contribution < 1.29 is 0 Å². The second-order valence-corrected chi connectivity index (χ2v) is 12.7. The van der Waals surface area contributed by atoms with Crippen molar-refractivity contribution >= 4 is 38.8 Å². The molecule has 0 saturated carbocycles. The number of para-hydroxylation sites is 1. The Labute approximate surface area is 292 Å². The fourth-order valence-electron chi connectivity index (χ4n) is 7.21. The molecule has 0 amide bonds. The largest absolute Gasteiger partial charge is 0.317 e. The molecule has 0 aliphatic carbocycles. The molecule has 2 heterocycles. The van der Waals surface area contributed by atoms with Crippen molar-refractivity contribution in [2.24, 2.45) is 0 Å². The summed E-state index contributed by atoms with van der Waals surface area (Å²) in [6, 6.07) is 61.1. The third-order valence-electron chi connectivity index (χ3n) is 9.72. The van der Waals surface area contributed by atoms with Crippen LogP contribution in [0, 0.1) is 0 Å². The Bertz CT molecular complexity index is 2590. The van der Waals surface area contributed by atoms with Gasteiger partial charge in [0.05, 0.1) is 16.7 Å². The lowest BCUT2D eigenvalue weighted by atomic mass is 9.96. The summed E-state index contributed by atoms with van der Waals surface area (Å²) in [6.45, 7) is 4.43. The Morgan fingerprint density at radius 2 is 1.00 bits per heavy atom. The normalized spacial score (nSPS) is 13.9. The van der Waals surface area contributed by atoms with Gasteiger partial charge in [-0.3, -0.25) is 0 Å². The second kappa shape index (κ2) is 12.4. The molecule has 9 rings (SSSR count). The second-order valence-electron chi connectivity index (χ2n) is 12.7. The van der Waals surface area contributed by atoms with Crippen molar-refractivity contribution in [3.05, 3.63) is 206 Å². The van der Waals surface area contributed by atoms with Crippen LogP contribution in [0.1, 0.15) is 5.56 Å². The number of nitrogens with zero attached hydrogens (tertiary/aromatic N) is 2. The summed E-state index contributed by atoms with van der Waals surface area (Å²) in [5, 5.41) is 2.48. The number of hydrogen-bond acceptors (Lipinski definition) is 1. The standard InChI is InChI=1S/C48H34N2/c1-34-13-10-11-30-49(41-26-22-37(23-27-41)35-14-4-2-5-15-35)47-32-39(24-28-43(34)47)40-25-29-45-44-20-8-9-21-46(44)50(48(45)33-40)42-19-12-18-38(31-42)36-16-6-3-7-17-36/h2-33H,1H2/b13-10-,30-11-. The average molecular weight is 639 g/mol. The molecule has 0 fully saturated rings. The molecule has 2 heteroatoms. The van der Waals surface area contributed by atoms with E-state index in [-0.39, 0.29) is 0 Å². The van der Waals surface area contributed by atoms with E-state index in [0.29, 0.717) is 0 Å². The molecule has 7 aromatic carbocycles.